The molecule has 0 radical (unpaired) electrons. The van der Waals surface area contributed by atoms with Crippen LogP contribution < -0.4 is 0 Å². The second-order valence-corrected chi connectivity index (χ2v) is 8.55. The van der Waals surface area contributed by atoms with E-state index >= 15 is 0 Å². The summed E-state index contributed by atoms with van der Waals surface area (Å²) in [4.78, 5) is 19.1. The lowest BCUT2D eigenvalue weighted by molar-refractivity contribution is 0.0696. The maximum Gasteiger partial charge on any atom is 0.336 e. The van der Waals surface area contributed by atoms with Gasteiger partial charge in [-0.05, 0) is 62.6 Å². The number of ether oxygens (including phenoxy) is 1. The van der Waals surface area contributed by atoms with Crippen LogP contribution in [0.3, 0.4) is 0 Å². The van der Waals surface area contributed by atoms with E-state index < -0.39 is 5.97 Å². The summed E-state index contributed by atoms with van der Waals surface area (Å²) in [7, 11) is 0. The van der Waals surface area contributed by atoms with Gasteiger partial charge in [0.15, 0.2) is 0 Å². The van der Waals surface area contributed by atoms with Gasteiger partial charge >= 0.3 is 5.97 Å². The first-order chi connectivity index (χ1) is 16.0. The number of hydrogen-bond donors (Lipinski definition) is 1. The van der Waals surface area contributed by atoms with Crippen LogP contribution in [0, 0.1) is 5.92 Å². The number of rotatable bonds is 7. The fourth-order valence-corrected chi connectivity index (χ4v) is 4.61. The van der Waals surface area contributed by atoms with Crippen molar-refractivity contribution in [2.24, 2.45) is 10.9 Å². The Balaban J connectivity index is 1.87. The number of carboxylic acid groups (broad SMARTS) is 1. The number of carbonyl (C=O) groups is 1. The lowest BCUT2D eigenvalue weighted by atomic mass is 9.78. The summed E-state index contributed by atoms with van der Waals surface area (Å²) in [5, 5.41) is 9.89. The number of fused-ring (bicyclic) bond motifs is 2. The summed E-state index contributed by atoms with van der Waals surface area (Å²) in [6.45, 7) is 10.3. The predicted molar refractivity (Wildman–Crippen MR) is 133 cm³/mol. The lowest BCUT2D eigenvalue weighted by Crippen LogP contribution is -2.31. The third-order valence-electron chi connectivity index (χ3n) is 6.54. The minimum absolute atomic E-state index is 0.152. The molecule has 0 fully saturated rings. The lowest BCUT2D eigenvalue weighted by Gasteiger charge is -2.38. The largest absolute Gasteiger partial charge is 0.485 e. The number of aliphatic imine (C=N–C) groups is 1. The average Bonchev–Trinajstić information content (AvgIpc) is 2.83. The Morgan fingerprint density at radius 3 is 2.61 bits per heavy atom. The maximum atomic E-state index is 12.1. The molecule has 172 valence electrons. The number of benzene rings is 1. The van der Waals surface area contributed by atoms with Gasteiger partial charge in [-0.15, -0.1) is 0 Å². The molecule has 5 heteroatoms. The van der Waals surface area contributed by atoms with Crippen LogP contribution in [0.5, 0.6) is 0 Å². The maximum absolute atomic E-state index is 12.1. The summed E-state index contributed by atoms with van der Waals surface area (Å²) in [6, 6.07) is 7.47. The van der Waals surface area contributed by atoms with E-state index in [0.29, 0.717) is 5.56 Å². The van der Waals surface area contributed by atoms with Crippen molar-refractivity contribution in [1.29, 1.82) is 0 Å². The Labute approximate surface area is 196 Å². The van der Waals surface area contributed by atoms with Crippen LogP contribution in [0.15, 0.2) is 82.7 Å². The highest BCUT2D eigenvalue weighted by molar-refractivity contribution is 6.06. The van der Waals surface area contributed by atoms with Gasteiger partial charge in [0.1, 0.15) is 11.9 Å². The molecular formula is C28H32N2O3. The highest BCUT2D eigenvalue weighted by Gasteiger charge is 2.36. The molecule has 1 aromatic rings. The Hall–Kier alpha value is -3.34. The van der Waals surface area contributed by atoms with Gasteiger partial charge in [0.25, 0.3) is 0 Å². The smallest absolute Gasteiger partial charge is 0.336 e. The van der Waals surface area contributed by atoms with Crippen molar-refractivity contribution in [2.45, 2.75) is 46.3 Å². The van der Waals surface area contributed by atoms with Crippen molar-refractivity contribution in [3.63, 3.8) is 0 Å². The molecule has 1 heterocycles. The fourth-order valence-electron chi connectivity index (χ4n) is 4.61. The fraction of sp³-hybridized carbons (Fsp3) is 0.357. The van der Waals surface area contributed by atoms with Crippen molar-refractivity contribution >= 4 is 17.3 Å². The van der Waals surface area contributed by atoms with E-state index in [1.807, 2.05) is 24.3 Å². The Morgan fingerprint density at radius 2 is 1.91 bits per heavy atom. The number of likely N-dealkylation sites (N-methyl/N-ethyl adjacent to an activating group) is 1. The molecular weight excluding hydrogens is 412 g/mol. The van der Waals surface area contributed by atoms with Crippen molar-refractivity contribution in [3.05, 3.63) is 88.9 Å². The first kappa shape index (κ1) is 22.8. The van der Waals surface area contributed by atoms with Crippen molar-refractivity contribution in [3.8, 4) is 0 Å². The third-order valence-corrected chi connectivity index (χ3v) is 6.54. The van der Waals surface area contributed by atoms with E-state index in [-0.39, 0.29) is 18.1 Å². The van der Waals surface area contributed by atoms with Gasteiger partial charge in [0.2, 0.25) is 0 Å². The van der Waals surface area contributed by atoms with Gasteiger partial charge in [-0.2, -0.15) is 0 Å². The minimum Gasteiger partial charge on any atom is -0.485 e. The summed E-state index contributed by atoms with van der Waals surface area (Å²) < 4.78 is 6.53. The topological polar surface area (TPSA) is 62.1 Å². The van der Waals surface area contributed by atoms with Crippen molar-refractivity contribution < 1.29 is 14.6 Å². The quantitative estimate of drug-likeness (QED) is 0.591. The first-order valence-electron chi connectivity index (χ1n) is 11.8. The number of nitrogens with zero attached hydrogens (tertiary/aromatic N) is 2. The highest BCUT2D eigenvalue weighted by atomic mass is 16.5. The minimum atomic E-state index is -0.926. The Bertz CT molecular complexity index is 1120. The molecule has 0 spiro atoms. The summed E-state index contributed by atoms with van der Waals surface area (Å²) in [6.07, 6.45) is 13.2. The van der Waals surface area contributed by atoms with Gasteiger partial charge in [-0.3, -0.25) is 4.99 Å². The van der Waals surface area contributed by atoms with E-state index in [2.05, 4.69) is 56.9 Å². The molecule has 3 unspecified atom stereocenters. The molecule has 4 rings (SSSR count). The number of carboxylic acids is 1. The van der Waals surface area contributed by atoms with Crippen molar-refractivity contribution in [2.75, 3.05) is 13.1 Å². The number of aromatic carboxylic acids is 1. The van der Waals surface area contributed by atoms with Crippen LogP contribution >= 0.6 is 0 Å². The monoisotopic (exact) mass is 444 g/mol. The van der Waals surface area contributed by atoms with Gasteiger partial charge in [0, 0.05) is 36.5 Å². The average molecular weight is 445 g/mol. The summed E-state index contributed by atoms with van der Waals surface area (Å²) in [5.74, 6) is -0.264. The van der Waals surface area contributed by atoms with Crippen LogP contribution in [0.2, 0.25) is 0 Å². The SMILES string of the molecule is CCC(C)/N=C1\C=CC2C(=C1)OC1C=C(N(CC)CC)C=CC1=C2c1ccccc1C(=O)O. The highest BCUT2D eigenvalue weighted by Crippen LogP contribution is 2.45. The van der Waals surface area contributed by atoms with Crippen molar-refractivity contribution in [1.82, 2.24) is 4.90 Å². The van der Waals surface area contributed by atoms with E-state index in [1.165, 1.54) is 0 Å². The van der Waals surface area contributed by atoms with Gasteiger partial charge < -0.3 is 14.7 Å². The second kappa shape index (κ2) is 9.65. The Kier molecular flexibility index (Phi) is 6.68. The predicted octanol–water partition coefficient (Wildman–Crippen LogP) is 5.64. The molecule has 3 aliphatic rings. The van der Waals surface area contributed by atoms with Crippen LogP contribution in [-0.2, 0) is 4.74 Å². The zero-order valence-corrected chi connectivity index (χ0v) is 19.8. The molecule has 5 nitrogen and oxygen atoms in total. The molecule has 2 aliphatic carbocycles. The van der Waals surface area contributed by atoms with Crippen LogP contribution in [0.1, 0.15) is 50.0 Å². The van der Waals surface area contributed by atoms with Gasteiger partial charge in [0.05, 0.1) is 17.2 Å². The van der Waals surface area contributed by atoms with E-state index in [4.69, 9.17) is 9.73 Å². The first-order valence-corrected chi connectivity index (χ1v) is 11.8. The molecule has 0 amide bonds. The molecule has 33 heavy (non-hydrogen) atoms. The van der Waals surface area contributed by atoms with E-state index in [0.717, 1.165) is 53.4 Å². The Morgan fingerprint density at radius 1 is 1.15 bits per heavy atom. The number of hydrogen-bond acceptors (Lipinski definition) is 4. The molecule has 1 aliphatic heterocycles. The molecule has 0 aromatic heterocycles. The summed E-state index contributed by atoms with van der Waals surface area (Å²) >= 11 is 0. The van der Waals surface area contributed by atoms with Gasteiger partial charge in [-0.25, -0.2) is 4.79 Å². The van der Waals surface area contributed by atoms with E-state index in [1.54, 1.807) is 12.1 Å². The zero-order chi connectivity index (χ0) is 23.5. The number of allylic oxidation sites excluding steroid dienone is 4. The molecule has 0 saturated heterocycles. The molecule has 1 N–H and O–H groups in total. The normalized spacial score (nSPS) is 23.3. The second-order valence-electron chi connectivity index (χ2n) is 8.55. The van der Waals surface area contributed by atoms with Gasteiger partial charge in [-0.1, -0.05) is 37.3 Å². The zero-order valence-electron chi connectivity index (χ0n) is 19.8. The van der Waals surface area contributed by atoms with E-state index in [9.17, 15) is 9.90 Å². The molecule has 3 atom stereocenters. The van der Waals surface area contributed by atoms with Crippen LogP contribution in [-0.4, -0.2) is 46.9 Å². The summed E-state index contributed by atoms with van der Waals surface area (Å²) in [5.41, 5.74) is 5.05. The van der Waals surface area contributed by atoms with Crippen LogP contribution in [0.4, 0.5) is 0 Å². The molecule has 1 aromatic carbocycles. The molecule has 0 bridgehead atoms. The third kappa shape index (κ3) is 4.45. The molecule has 0 saturated carbocycles. The van der Waals surface area contributed by atoms with Crippen LogP contribution in [0.25, 0.3) is 5.57 Å². The standard InChI is InChI=1S/C28H32N2O3/c1-5-18(4)29-19-12-14-23-25(16-19)33-26-17-20(30(6-2)7-3)13-15-24(26)27(23)21-10-8-9-11-22(21)28(31)32/h8-18,23,26H,5-7H2,1-4H3,(H,31,32)/b29-19+.